The van der Waals surface area contributed by atoms with Crippen molar-refractivity contribution >= 4 is 16.9 Å². The molecule has 4 aromatic heterocycles. The maximum Gasteiger partial charge on any atom is 0.160 e. The number of nitrogens with zero attached hydrogens (tertiary/aromatic N) is 6. The zero-order valence-electron chi connectivity index (χ0n) is 15.3. The van der Waals surface area contributed by atoms with Gasteiger partial charge in [-0.15, -0.1) is 0 Å². The maximum atomic E-state index is 5.61. The molecule has 0 radical (unpaired) electrons. The first-order chi connectivity index (χ1) is 13.2. The average molecular weight is 363 g/mol. The number of fused-ring (bicyclic) bond motifs is 1. The van der Waals surface area contributed by atoms with Crippen molar-refractivity contribution in [2.45, 2.75) is 13.0 Å². The molecule has 1 atom stereocenters. The topological polar surface area (TPSA) is 76.8 Å². The van der Waals surface area contributed by atoms with Crippen molar-refractivity contribution in [1.82, 2.24) is 29.5 Å². The first kappa shape index (κ1) is 16.1. The Kier molecular flexibility index (Phi) is 3.71. The summed E-state index contributed by atoms with van der Waals surface area (Å²) in [6.07, 6.45) is 5.65. The van der Waals surface area contributed by atoms with Crippen molar-refractivity contribution in [3.63, 3.8) is 0 Å². The fraction of sp³-hybridized carbons (Fsp3) is 0.316. The first-order valence-electron chi connectivity index (χ1n) is 9.07. The Morgan fingerprint density at radius 3 is 2.89 bits per heavy atom. The van der Waals surface area contributed by atoms with E-state index < -0.39 is 0 Å². The molecular weight excluding hydrogens is 342 g/mol. The maximum absolute atomic E-state index is 5.61. The van der Waals surface area contributed by atoms with Crippen LogP contribution in [0.2, 0.25) is 0 Å². The fourth-order valence-corrected chi connectivity index (χ4v) is 3.73. The van der Waals surface area contributed by atoms with Gasteiger partial charge in [-0.2, -0.15) is 10.2 Å². The number of anilines is 1. The zero-order chi connectivity index (χ0) is 18.4. The highest BCUT2D eigenvalue weighted by Gasteiger charge is 2.23. The molecular formula is C19H21N7O. The van der Waals surface area contributed by atoms with Gasteiger partial charge in [-0.05, 0) is 25.1 Å². The van der Waals surface area contributed by atoms with Gasteiger partial charge in [-0.3, -0.25) is 14.3 Å². The lowest BCUT2D eigenvalue weighted by molar-refractivity contribution is 0.0986. The largest absolute Gasteiger partial charge is 0.377 e. The summed E-state index contributed by atoms with van der Waals surface area (Å²) in [5.41, 5.74) is 3.06. The molecule has 1 aliphatic rings. The van der Waals surface area contributed by atoms with E-state index in [1.165, 1.54) is 0 Å². The van der Waals surface area contributed by atoms with Gasteiger partial charge in [0.2, 0.25) is 0 Å². The summed E-state index contributed by atoms with van der Waals surface area (Å²) in [6, 6.07) is 8.50. The molecule has 1 aliphatic heterocycles. The van der Waals surface area contributed by atoms with Crippen LogP contribution >= 0.6 is 0 Å². The van der Waals surface area contributed by atoms with Crippen molar-refractivity contribution in [2.24, 2.45) is 7.05 Å². The second-order valence-corrected chi connectivity index (χ2v) is 6.84. The first-order valence-corrected chi connectivity index (χ1v) is 9.07. The van der Waals surface area contributed by atoms with E-state index in [0.29, 0.717) is 13.2 Å². The Morgan fingerprint density at radius 2 is 2.15 bits per heavy atom. The van der Waals surface area contributed by atoms with E-state index in [0.717, 1.165) is 40.5 Å². The number of pyridine rings is 1. The van der Waals surface area contributed by atoms with E-state index in [4.69, 9.17) is 9.72 Å². The van der Waals surface area contributed by atoms with Gasteiger partial charge in [-0.1, -0.05) is 0 Å². The minimum absolute atomic E-state index is 0.275. The minimum Gasteiger partial charge on any atom is -0.377 e. The number of morpholine rings is 1. The molecule has 8 nitrogen and oxygen atoms in total. The highest BCUT2D eigenvalue weighted by molar-refractivity contribution is 5.95. The third-order valence-electron chi connectivity index (χ3n) is 5.14. The van der Waals surface area contributed by atoms with Crippen molar-refractivity contribution in [2.75, 3.05) is 24.7 Å². The number of aromatic amines is 1. The summed E-state index contributed by atoms with van der Waals surface area (Å²) in [4.78, 5) is 7.33. The molecule has 5 heterocycles. The predicted octanol–water partition coefficient (Wildman–Crippen LogP) is 2.37. The summed E-state index contributed by atoms with van der Waals surface area (Å²) in [7, 11) is 1.96. The Hall–Kier alpha value is -3.13. The van der Waals surface area contributed by atoms with E-state index in [9.17, 15) is 0 Å². The van der Waals surface area contributed by atoms with E-state index in [1.807, 2.05) is 47.0 Å². The van der Waals surface area contributed by atoms with Crippen LogP contribution in [-0.2, 0) is 11.8 Å². The number of hydrogen-bond acceptors (Lipinski definition) is 5. The third kappa shape index (κ3) is 2.60. The van der Waals surface area contributed by atoms with Gasteiger partial charge in [0.1, 0.15) is 11.5 Å². The number of nitrogens with one attached hydrogen (secondary N) is 1. The molecule has 27 heavy (non-hydrogen) atoms. The molecule has 0 unspecified atom stereocenters. The van der Waals surface area contributed by atoms with Gasteiger partial charge in [-0.25, -0.2) is 4.98 Å². The van der Waals surface area contributed by atoms with Crippen molar-refractivity contribution in [3.8, 4) is 17.1 Å². The third-order valence-corrected chi connectivity index (χ3v) is 5.14. The molecule has 0 spiro atoms. The smallest absolute Gasteiger partial charge is 0.160 e. The lowest BCUT2D eigenvalue weighted by atomic mass is 10.1. The van der Waals surface area contributed by atoms with Gasteiger partial charge in [0.15, 0.2) is 5.82 Å². The Morgan fingerprint density at radius 1 is 1.22 bits per heavy atom. The van der Waals surface area contributed by atoms with Crippen molar-refractivity contribution in [3.05, 3.63) is 42.9 Å². The summed E-state index contributed by atoms with van der Waals surface area (Å²) >= 11 is 0. The molecule has 138 valence electrons. The average Bonchev–Trinajstić information content (AvgIpc) is 3.41. The second-order valence-electron chi connectivity index (χ2n) is 6.84. The lowest BCUT2D eigenvalue weighted by Crippen LogP contribution is -2.44. The number of ether oxygens (including phenoxy) is 1. The Labute approximate surface area is 156 Å². The van der Waals surface area contributed by atoms with Crippen LogP contribution in [0.15, 0.2) is 42.9 Å². The molecule has 0 aromatic carbocycles. The lowest BCUT2D eigenvalue weighted by Gasteiger charge is -2.34. The van der Waals surface area contributed by atoms with Crippen LogP contribution in [0.25, 0.3) is 28.1 Å². The van der Waals surface area contributed by atoms with Gasteiger partial charge in [0.25, 0.3) is 0 Å². The van der Waals surface area contributed by atoms with Crippen LogP contribution in [0, 0.1) is 0 Å². The van der Waals surface area contributed by atoms with Crippen LogP contribution in [0.5, 0.6) is 0 Å². The van der Waals surface area contributed by atoms with Crippen molar-refractivity contribution < 1.29 is 4.74 Å². The molecule has 0 saturated carbocycles. The normalized spacial score (nSPS) is 17.7. The molecule has 4 aromatic rings. The second kappa shape index (κ2) is 6.24. The van der Waals surface area contributed by atoms with E-state index in [1.54, 1.807) is 0 Å². The zero-order valence-corrected chi connectivity index (χ0v) is 15.3. The predicted molar refractivity (Wildman–Crippen MR) is 103 cm³/mol. The van der Waals surface area contributed by atoms with Crippen LogP contribution in [-0.4, -0.2) is 55.3 Å². The van der Waals surface area contributed by atoms with Crippen molar-refractivity contribution in [1.29, 1.82) is 0 Å². The molecule has 8 heteroatoms. The summed E-state index contributed by atoms with van der Waals surface area (Å²) in [6.45, 7) is 4.42. The van der Waals surface area contributed by atoms with Gasteiger partial charge >= 0.3 is 0 Å². The van der Waals surface area contributed by atoms with Gasteiger partial charge in [0.05, 0.1) is 24.9 Å². The van der Waals surface area contributed by atoms with Crippen LogP contribution < -0.4 is 4.90 Å². The molecule has 0 aliphatic carbocycles. The van der Waals surface area contributed by atoms with Crippen LogP contribution in [0.4, 0.5) is 5.82 Å². The summed E-state index contributed by atoms with van der Waals surface area (Å²) < 4.78 is 9.52. The highest BCUT2D eigenvalue weighted by atomic mass is 16.5. The molecule has 5 rings (SSSR count). The number of H-pyrrole nitrogens is 1. The molecule has 0 amide bonds. The number of aromatic nitrogens is 6. The van der Waals surface area contributed by atoms with Gasteiger partial charge in [0, 0.05) is 49.2 Å². The summed E-state index contributed by atoms with van der Waals surface area (Å²) in [5.74, 6) is 1.77. The quantitative estimate of drug-likeness (QED) is 0.605. The molecule has 0 bridgehead atoms. The molecule has 1 N–H and O–H groups in total. The number of rotatable bonds is 3. The van der Waals surface area contributed by atoms with Crippen LogP contribution in [0.1, 0.15) is 6.92 Å². The molecule has 1 fully saturated rings. The minimum atomic E-state index is 0.275. The van der Waals surface area contributed by atoms with E-state index >= 15 is 0 Å². The molecule has 1 saturated heterocycles. The Bertz CT molecular complexity index is 1080. The van der Waals surface area contributed by atoms with E-state index in [2.05, 4.69) is 39.3 Å². The van der Waals surface area contributed by atoms with E-state index in [-0.39, 0.29) is 6.04 Å². The number of aryl methyl sites for hydroxylation is 1. The SMILES string of the molecule is C[C@@H]1COCCN1c1cc(-c2ccnn2C)c2ccn(-c3cc[nH]n3)c2n1. The Balaban J connectivity index is 1.76. The van der Waals surface area contributed by atoms with Gasteiger partial charge < -0.3 is 9.64 Å². The van der Waals surface area contributed by atoms with Crippen LogP contribution in [0.3, 0.4) is 0 Å². The highest BCUT2D eigenvalue weighted by Crippen LogP contribution is 2.33. The standard InChI is InChI=1S/C19H21N7O/c1-13-12-27-10-9-25(13)18-11-15(16-3-7-21-24(16)2)14-5-8-26(19(14)22-18)17-4-6-20-23-17/h3-8,11,13H,9-10,12H2,1-2H3,(H,20,23)/t13-/m1/s1. The monoisotopic (exact) mass is 363 g/mol. The fourth-order valence-electron chi connectivity index (χ4n) is 3.73. The summed E-state index contributed by atoms with van der Waals surface area (Å²) in [5, 5.41) is 12.6. The number of hydrogen-bond donors (Lipinski definition) is 1.